The van der Waals surface area contributed by atoms with Gasteiger partial charge in [-0.15, -0.1) is 0 Å². The van der Waals surface area contributed by atoms with Gasteiger partial charge in [-0.3, -0.25) is 9.69 Å². The lowest BCUT2D eigenvalue weighted by Gasteiger charge is -2.32. The van der Waals surface area contributed by atoms with E-state index in [1.54, 1.807) is 6.20 Å². The highest BCUT2D eigenvalue weighted by atomic mass is 79.9. The van der Waals surface area contributed by atoms with Crippen molar-refractivity contribution < 1.29 is 0 Å². The molecule has 0 radical (unpaired) electrons. The second kappa shape index (κ2) is 5.01. The molecule has 2 saturated heterocycles. The maximum absolute atomic E-state index is 11.5. The third kappa shape index (κ3) is 2.19. The minimum Gasteiger partial charge on any atom is -0.378 e. The van der Waals surface area contributed by atoms with Gasteiger partial charge in [-0.05, 0) is 41.7 Å². The van der Waals surface area contributed by atoms with Crippen LogP contribution >= 0.6 is 15.9 Å². The average Bonchev–Trinajstić information content (AvgIpc) is 2.79. The predicted molar refractivity (Wildman–Crippen MR) is 73.8 cm³/mol. The van der Waals surface area contributed by atoms with E-state index in [2.05, 4.69) is 36.3 Å². The highest BCUT2D eigenvalue weighted by molar-refractivity contribution is 9.10. The number of halogens is 1. The number of fused-ring (bicyclic) bond motifs is 1. The van der Waals surface area contributed by atoms with E-state index < -0.39 is 0 Å². The molecule has 2 unspecified atom stereocenters. The van der Waals surface area contributed by atoms with Gasteiger partial charge in [-0.1, -0.05) is 6.42 Å². The monoisotopic (exact) mass is 312 g/mol. The zero-order chi connectivity index (χ0) is 12.5. The Morgan fingerprint density at radius 2 is 2.28 bits per heavy atom. The zero-order valence-electron chi connectivity index (χ0n) is 10.2. The topological polar surface area (TPSA) is 61.0 Å². The van der Waals surface area contributed by atoms with Crippen molar-refractivity contribution in [1.29, 1.82) is 0 Å². The lowest BCUT2D eigenvalue weighted by molar-refractivity contribution is 0.192. The van der Waals surface area contributed by atoms with Crippen molar-refractivity contribution in [2.45, 2.75) is 37.8 Å². The van der Waals surface area contributed by atoms with Gasteiger partial charge < -0.3 is 5.32 Å². The highest BCUT2D eigenvalue weighted by Gasteiger charge is 2.35. The van der Waals surface area contributed by atoms with Gasteiger partial charge in [-0.25, -0.2) is 5.10 Å². The smallest absolute Gasteiger partial charge is 0.280 e. The third-order valence-electron chi connectivity index (χ3n) is 3.99. The molecule has 5 nitrogen and oxygen atoms in total. The number of nitrogens with one attached hydrogen (secondary N) is 2. The van der Waals surface area contributed by atoms with E-state index in [0.717, 1.165) is 18.7 Å². The van der Waals surface area contributed by atoms with E-state index in [9.17, 15) is 4.79 Å². The van der Waals surface area contributed by atoms with Crippen LogP contribution in [0.1, 0.15) is 25.7 Å². The number of nitrogens with zero attached hydrogens (tertiary/aromatic N) is 2. The van der Waals surface area contributed by atoms with Crippen molar-refractivity contribution in [1.82, 2.24) is 15.1 Å². The lowest BCUT2D eigenvalue weighted by atomic mass is 9.99. The second-order valence-electron chi connectivity index (χ2n) is 5.07. The van der Waals surface area contributed by atoms with E-state index in [-0.39, 0.29) is 5.56 Å². The number of hydrogen-bond acceptors (Lipinski definition) is 4. The fourth-order valence-corrected chi connectivity index (χ4v) is 3.41. The van der Waals surface area contributed by atoms with Gasteiger partial charge in [0, 0.05) is 18.6 Å². The molecule has 2 N–H and O–H groups in total. The normalized spacial score (nSPS) is 28.1. The van der Waals surface area contributed by atoms with E-state index in [0.29, 0.717) is 16.6 Å². The summed E-state index contributed by atoms with van der Waals surface area (Å²) in [5, 5.41) is 9.74. The molecule has 0 aliphatic carbocycles. The number of piperidine rings is 1. The molecule has 3 rings (SSSR count). The van der Waals surface area contributed by atoms with Crippen LogP contribution in [0.3, 0.4) is 0 Å². The second-order valence-corrected chi connectivity index (χ2v) is 5.86. The van der Waals surface area contributed by atoms with E-state index in [1.165, 1.54) is 25.8 Å². The van der Waals surface area contributed by atoms with Crippen LogP contribution in [0.4, 0.5) is 5.69 Å². The molecule has 0 aromatic carbocycles. The molecule has 2 aliphatic rings. The minimum atomic E-state index is -0.182. The van der Waals surface area contributed by atoms with E-state index in [1.807, 2.05) is 0 Å². The molecule has 3 heterocycles. The van der Waals surface area contributed by atoms with Gasteiger partial charge in [0.2, 0.25) is 0 Å². The maximum Gasteiger partial charge on any atom is 0.280 e. The minimum absolute atomic E-state index is 0.182. The summed E-state index contributed by atoms with van der Waals surface area (Å²) < 4.78 is 0.548. The number of aromatic amines is 1. The van der Waals surface area contributed by atoms with Gasteiger partial charge in [0.25, 0.3) is 5.56 Å². The van der Waals surface area contributed by atoms with Crippen LogP contribution in [0.2, 0.25) is 0 Å². The Bertz CT molecular complexity index is 489. The third-order valence-corrected chi connectivity index (χ3v) is 4.78. The molecule has 2 fully saturated rings. The first-order valence-electron chi connectivity index (χ1n) is 6.49. The summed E-state index contributed by atoms with van der Waals surface area (Å²) in [6.45, 7) is 2.38. The molecular formula is C12H17BrN4O. The summed E-state index contributed by atoms with van der Waals surface area (Å²) in [5.74, 6) is 0. The van der Waals surface area contributed by atoms with Gasteiger partial charge in [0.05, 0.1) is 11.9 Å². The van der Waals surface area contributed by atoms with Crippen LogP contribution in [0, 0.1) is 0 Å². The van der Waals surface area contributed by atoms with Gasteiger partial charge in [-0.2, -0.15) is 5.10 Å². The van der Waals surface area contributed by atoms with Crippen LogP contribution < -0.4 is 10.9 Å². The van der Waals surface area contributed by atoms with Gasteiger partial charge in [0.1, 0.15) is 4.47 Å². The number of aromatic nitrogens is 2. The highest BCUT2D eigenvalue weighted by Crippen LogP contribution is 2.30. The predicted octanol–water partition coefficient (Wildman–Crippen LogP) is 1.57. The zero-order valence-corrected chi connectivity index (χ0v) is 11.7. The number of hydrogen-bond donors (Lipinski definition) is 2. The summed E-state index contributed by atoms with van der Waals surface area (Å²) in [7, 11) is 0. The lowest BCUT2D eigenvalue weighted by Crippen LogP contribution is -2.41. The summed E-state index contributed by atoms with van der Waals surface area (Å²) in [6, 6.07) is 1.05. The molecule has 1 aromatic heterocycles. The maximum atomic E-state index is 11.5. The molecule has 0 spiro atoms. The quantitative estimate of drug-likeness (QED) is 0.870. The Balaban J connectivity index is 1.76. The first-order valence-corrected chi connectivity index (χ1v) is 7.29. The van der Waals surface area contributed by atoms with Crippen LogP contribution in [0.25, 0.3) is 0 Å². The standard InChI is InChI=1S/C12H17BrN4O/c13-11-9(7-14-16-12(11)18)15-8-4-6-17-5-2-1-3-10(8)17/h7-8,10H,1-6H2,(H2,15,16,18). The van der Waals surface area contributed by atoms with Crippen LogP contribution in [-0.2, 0) is 0 Å². The van der Waals surface area contributed by atoms with E-state index >= 15 is 0 Å². The Morgan fingerprint density at radius 3 is 3.17 bits per heavy atom. The molecular weight excluding hydrogens is 296 g/mol. The summed E-state index contributed by atoms with van der Waals surface area (Å²) >= 11 is 3.32. The fraction of sp³-hybridized carbons (Fsp3) is 0.667. The summed E-state index contributed by atoms with van der Waals surface area (Å²) in [5.41, 5.74) is 0.620. The SMILES string of the molecule is O=c1[nH]ncc(NC2CCN3CCCCC23)c1Br. The van der Waals surface area contributed by atoms with Crippen molar-refractivity contribution in [3.8, 4) is 0 Å². The molecule has 0 amide bonds. The fourth-order valence-electron chi connectivity index (χ4n) is 3.10. The number of H-pyrrole nitrogens is 1. The molecule has 98 valence electrons. The van der Waals surface area contributed by atoms with Crippen molar-refractivity contribution in [3.05, 3.63) is 21.0 Å². The van der Waals surface area contributed by atoms with Crippen molar-refractivity contribution >= 4 is 21.6 Å². The van der Waals surface area contributed by atoms with Crippen molar-refractivity contribution in [3.63, 3.8) is 0 Å². The number of anilines is 1. The molecule has 2 aliphatic heterocycles. The Labute approximate surface area is 114 Å². The summed E-state index contributed by atoms with van der Waals surface area (Å²) in [6.07, 6.45) is 6.71. The van der Waals surface area contributed by atoms with E-state index in [4.69, 9.17) is 0 Å². The van der Waals surface area contributed by atoms with Crippen molar-refractivity contribution in [2.24, 2.45) is 0 Å². The first kappa shape index (κ1) is 12.2. The van der Waals surface area contributed by atoms with Crippen LogP contribution in [0.5, 0.6) is 0 Å². The van der Waals surface area contributed by atoms with Gasteiger partial charge in [0.15, 0.2) is 0 Å². The van der Waals surface area contributed by atoms with Gasteiger partial charge >= 0.3 is 0 Å². The molecule has 0 bridgehead atoms. The summed E-state index contributed by atoms with van der Waals surface area (Å²) in [4.78, 5) is 14.0. The van der Waals surface area contributed by atoms with Crippen LogP contribution in [0.15, 0.2) is 15.5 Å². The first-order chi connectivity index (χ1) is 8.75. The Hall–Kier alpha value is -0.880. The average molecular weight is 313 g/mol. The molecule has 2 atom stereocenters. The number of rotatable bonds is 2. The molecule has 0 saturated carbocycles. The van der Waals surface area contributed by atoms with Crippen LogP contribution in [-0.4, -0.2) is 40.3 Å². The molecule has 6 heteroatoms. The Kier molecular flexibility index (Phi) is 3.39. The molecule has 1 aromatic rings. The largest absolute Gasteiger partial charge is 0.378 e. The Morgan fingerprint density at radius 1 is 1.39 bits per heavy atom. The molecule has 18 heavy (non-hydrogen) atoms. The van der Waals surface area contributed by atoms with Crippen molar-refractivity contribution in [2.75, 3.05) is 18.4 Å².